The fourth-order valence-corrected chi connectivity index (χ4v) is 2.82. The summed E-state index contributed by atoms with van der Waals surface area (Å²) in [6.45, 7) is 0. The minimum absolute atomic E-state index is 0.0356. The summed E-state index contributed by atoms with van der Waals surface area (Å²) >= 11 is 7.05. The Morgan fingerprint density at radius 3 is 3.00 bits per heavy atom. The predicted molar refractivity (Wildman–Crippen MR) is 83.6 cm³/mol. The van der Waals surface area contributed by atoms with Gasteiger partial charge in [-0.25, -0.2) is 9.37 Å². The maximum Gasteiger partial charge on any atom is 0.230 e. The molecule has 0 bridgehead atoms. The van der Waals surface area contributed by atoms with Crippen LogP contribution in [0.15, 0.2) is 46.4 Å². The molecule has 112 valence electrons. The number of benzene rings is 1. The lowest BCUT2D eigenvalue weighted by Gasteiger charge is -2.06. The van der Waals surface area contributed by atoms with E-state index in [1.807, 2.05) is 0 Å². The zero-order chi connectivity index (χ0) is 15.5. The first-order valence-electron chi connectivity index (χ1n) is 6.35. The van der Waals surface area contributed by atoms with Crippen molar-refractivity contribution in [3.8, 4) is 10.8 Å². The lowest BCUT2D eigenvalue weighted by molar-refractivity contribution is -0.115. The molecule has 0 aliphatic rings. The average molecular weight is 337 g/mol. The molecule has 4 nitrogen and oxygen atoms in total. The molecule has 0 unspecified atom stereocenters. The third kappa shape index (κ3) is 3.18. The summed E-state index contributed by atoms with van der Waals surface area (Å²) in [4.78, 5) is 16.3. The second kappa shape index (κ2) is 6.29. The van der Waals surface area contributed by atoms with Crippen molar-refractivity contribution in [1.29, 1.82) is 0 Å². The second-order valence-electron chi connectivity index (χ2n) is 4.45. The zero-order valence-electron chi connectivity index (χ0n) is 11.2. The van der Waals surface area contributed by atoms with Gasteiger partial charge in [-0.2, -0.15) is 0 Å². The Labute approximate surface area is 134 Å². The van der Waals surface area contributed by atoms with Gasteiger partial charge in [0.15, 0.2) is 16.6 Å². The van der Waals surface area contributed by atoms with E-state index in [4.69, 9.17) is 16.0 Å². The van der Waals surface area contributed by atoms with Crippen molar-refractivity contribution in [3.63, 3.8) is 0 Å². The van der Waals surface area contributed by atoms with Gasteiger partial charge < -0.3 is 9.73 Å². The van der Waals surface area contributed by atoms with Crippen LogP contribution < -0.4 is 5.32 Å². The summed E-state index contributed by atoms with van der Waals surface area (Å²) in [5.74, 6) is -0.359. The van der Waals surface area contributed by atoms with Gasteiger partial charge in [0.2, 0.25) is 5.91 Å². The molecule has 3 rings (SSSR count). The van der Waals surface area contributed by atoms with E-state index in [0.717, 1.165) is 0 Å². The number of nitrogens with one attached hydrogen (secondary N) is 1. The topological polar surface area (TPSA) is 55.1 Å². The third-order valence-electron chi connectivity index (χ3n) is 2.85. The van der Waals surface area contributed by atoms with E-state index < -0.39 is 5.82 Å². The summed E-state index contributed by atoms with van der Waals surface area (Å²) in [5.41, 5.74) is 0.648. The van der Waals surface area contributed by atoms with Crippen molar-refractivity contribution in [2.24, 2.45) is 0 Å². The maximum atomic E-state index is 13.7. The number of thiazole rings is 1. The number of aromatic nitrogens is 1. The molecule has 2 aromatic heterocycles. The monoisotopic (exact) mass is 336 g/mol. The summed E-state index contributed by atoms with van der Waals surface area (Å²) in [7, 11) is 0. The molecule has 0 spiro atoms. The zero-order valence-corrected chi connectivity index (χ0v) is 12.7. The Hall–Kier alpha value is -2.18. The van der Waals surface area contributed by atoms with E-state index >= 15 is 0 Å². The van der Waals surface area contributed by atoms with E-state index in [1.165, 1.54) is 23.5 Å². The lowest BCUT2D eigenvalue weighted by atomic mass is 10.2. The van der Waals surface area contributed by atoms with Crippen LogP contribution in [0, 0.1) is 5.82 Å². The van der Waals surface area contributed by atoms with Crippen LogP contribution in [-0.2, 0) is 11.2 Å². The molecule has 0 saturated carbocycles. The number of carbonyl (C=O) groups is 1. The van der Waals surface area contributed by atoms with Crippen LogP contribution in [0.5, 0.6) is 0 Å². The molecule has 1 aromatic carbocycles. The fourth-order valence-electron chi connectivity index (χ4n) is 1.86. The van der Waals surface area contributed by atoms with Crippen molar-refractivity contribution in [1.82, 2.24) is 4.98 Å². The molecule has 1 amide bonds. The Bertz CT molecular complexity index is 802. The molecule has 0 aliphatic carbocycles. The van der Waals surface area contributed by atoms with Crippen LogP contribution in [0.3, 0.4) is 0 Å². The smallest absolute Gasteiger partial charge is 0.230 e. The Kier molecular flexibility index (Phi) is 4.22. The standard InChI is InChI=1S/C15H10ClFN2O2S/c16-10-3-1-4-11(14(10)17)19-13(20)7-9-8-22-15(18-9)12-5-2-6-21-12/h1-6,8H,7H2,(H,19,20). The average Bonchev–Trinajstić information content (AvgIpc) is 3.14. The van der Waals surface area contributed by atoms with Gasteiger partial charge >= 0.3 is 0 Å². The molecule has 2 heterocycles. The molecule has 0 saturated heterocycles. The van der Waals surface area contributed by atoms with Gasteiger partial charge in [-0.05, 0) is 24.3 Å². The predicted octanol–water partition coefficient (Wildman–Crippen LogP) is 4.38. The molecule has 0 fully saturated rings. The summed E-state index contributed by atoms with van der Waals surface area (Å²) in [6.07, 6.45) is 1.61. The quantitative estimate of drug-likeness (QED) is 0.769. The number of carbonyl (C=O) groups excluding carboxylic acids is 1. The third-order valence-corrected chi connectivity index (χ3v) is 4.05. The summed E-state index contributed by atoms with van der Waals surface area (Å²) in [6, 6.07) is 8.00. The van der Waals surface area contributed by atoms with E-state index in [0.29, 0.717) is 16.5 Å². The maximum absolute atomic E-state index is 13.7. The number of amides is 1. The van der Waals surface area contributed by atoms with Gasteiger partial charge in [0.1, 0.15) is 0 Å². The van der Waals surface area contributed by atoms with Crippen LogP contribution in [0.2, 0.25) is 5.02 Å². The second-order valence-corrected chi connectivity index (χ2v) is 5.71. The van der Waals surface area contributed by atoms with E-state index in [-0.39, 0.29) is 23.0 Å². The number of nitrogens with zero attached hydrogens (tertiary/aromatic N) is 1. The molecular formula is C15H10ClFN2O2S. The Morgan fingerprint density at radius 2 is 2.23 bits per heavy atom. The number of furan rings is 1. The van der Waals surface area contributed by atoms with Crippen molar-refractivity contribution < 1.29 is 13.6 Å². The minimum atomic E-state index is -0.646. The highest BCUT2D eigenvalue weighted by atomic mass is 35.5. The highest BCUT2D eigenvalue weighted by molar-refractivity contribution is 7.13. The molecule has 0 radical (unpaired) electrons. The van der Waals surface area contributed by atoms with Crippen LogP contribution >= 0.6 is 22.9 Å². The molecule has 0 atom stereocenters. The van der Waals surface area contributed by atoms with Crippen molar-refractivity contribution in [2.75, 3.05) is 5.32 Å². The minimum Gasteiger partial charge on any atom is -0.462 e. The van der Waals surface area contributed by atoms with Crippen LogP contribution in [-0.4, -0.2) is 10.9 Å². The van der Waals surface area contributed by atoms with E-state index in [9.17, 15) is 9.18 Å². The molecular weight excluding hydrogens is 327 g/mol. The van der Waals surface area contributed by atoms with Gasteiger partial charge in [-0.3, -0.25) is 4.79 Å². The highest BCUT2D eigenvalue weighted by Gasteiger charge is 2.13. The number of hydrogen-bond acceptors (Lipinski definition) is 4. The SMILES string of the molecule is O=C(Cc1csc(-c2ccco2)n1)Nc1cccc(Cl)c1F. The number of halogens is 2. The highest BCUT2D eigenvalue weighted by Crippen LogP contribution is 2.25. The fraction of sp³-hybridized carbons (Fsp3) is 0.0667. The van der Waals surface area contributed by atoms with Crippen LogP contribution in [0.25, 0.3) is 10.8 Å². The number of anilines is 1. The van der Waals surface area contributed by atoms with Crippen molar-refractivity contribution in [2.45, 2.75) is 6.42 Å². The van der Waals surface area contributed by atoms with Crippen molar-refractivity contribution in [3.05, 3.63) is 58.5 Å². The van der Waals surface area contributed by atoms with Crippen LogP contribution in [0.1, 0.15) is 5.69 Å². The molecule has 3 aromatic rings. The molecule has 7 heteroatoms. The molecule has 0 aliphatic heterocycles. The van der Waals surface area contributed by atoms with E-state index in [1.54, 1.807) is 29.8 Å². The lowest BCUT2D eigenvalue weighted by Crippen LogP contribution is -2.15. The first-order valence-corrected chi connectivity index (χ1v) is 7.61. The van der Waals surface area contributed by atoms with Gasteiger partial charge in [-0.15, -0.1) is 11.3 Å². The van der Waals surface area contributed by atoms with Gasteiger partial charge in [-0.1, -0.05) is 17.7 Å². The Balaban J connectivity index is 1.68. The normalized spacial score (nSPS) is 10.6. The number of hydrogen-bond donors (Lipinski definition) is 1. The van der Waals surface area contributed by atoms with E-state index in [2.05, 4.69) is 10.3 Å². The largest absolute Gasteiger partial charge is 0.462 e. The van der Waals surface area contributed by atoms with Crippen LogP contribution in [0.4, 0.5) is 10.1 Å². The molecule has 1 N–H and O–H groups in total. The number of rotatable bonds is 4. The van der Waals surface area contributed by atoms with Crippen molar-refractivity contribution >= 4 is 34.5 Å². The van der Waals surface area contributed by atoms with Gasteiger partial charge in [0.25, 0.3) is 0 Å². The van der Waals surface area contributed by atoms with Gasteiger partial charge in [0, 0.05) is 5.38 Å². The molecule has 22 heavy (non-hydrogen) atoms. The summed E-state index contributed by atoms with van der Waals surface area (Å²) in [5, 5.41) is 4.92. The van der Waals surface area contributed by atoms with Gasteiger partial charge in [0.05, 0.1) is 29.1 Å². The summed E-state index contributed by atoms with van der Waals surface area (Å²) < 4.78 is 19.0. The first-order chi connectivity index (χ1) is 10.6. The first kappa shape index (κ1) is 14.7. The Morgan fingerprint density at radius 1 is 1.36 bits per heavy atom.